The minimum atomic E-state index is -0.870. The number of carbonyl (C=O) groups is 3. The van der Waals surface area contributed by atoms with E-state index in [0.29, 0.717) is 5.56 Å². The Bertz CT molecular complexity index is 1280. The first-order valence-corrected chi connectivity index (χ1v) is 10.9. The fourth-order valence-electron chi connectivity index (χ4n) is 3.03. The van der Waals surface area contributed by atoms with Gasteiger partial charge in [-0.2, -0.15) is 11.3 Å². The molecule has 0 aliphatic rings. The lowest BCUT2D eigenvalue weighted by atomic mass is 10.2. The molecule has 0 bridgehead atoms. The third-order valence-corrected chi connectivity index (χ3v) is 5.49. The van der Waals surface area contributed by atoms with Crippen molar-refractivity contribution in [1.82, 2.24) is 14.5 Å². The predicted molar refractivity (Wildman–Crippen MR) is 122 cm³/mol. The van der Waals surface area contributed by atoms with E-state index in [-0.39, 0.29) is 31.2 Å². The number of aromatic nitrogens is 2. The van der Waals surface area contributed by atoms with Gasteiger partial charge in [-0.05, 0) is 17.0 Å². The van der Waals surface area contributed by atoms with Crippen LogP contribution >= 0.6 is 11.3 Å². The fourth-order valence-corrected chi connectivity index (χ4v) is 3.66. The second kappa shape index (κ2) is 10.6. The van der Waals surface area contributed by atoms with Gasteiger partial charge in [-0.1, -0.05) is 30.3 Å². The first kappa shape index (κ1) is 23.7. The molecule has 1 aromatic carbocycles. The Labute approximate surface area is 192 Å². The number of nitrogens with one attached hydrogen (secondary N) is 1. The maximum Gasteiger partial charge on any atom is 0.332 e. The molecule has 3 rings (SSSR count). The number of hydrogen-bond donors (Lipinski definition) is 2. The van der Waals surface area contributed by atoms with Crippen molar-refractivity contribution in [1.29, 1.82) is 0 Å². The molecular weight excluding hydrogens is 448 g/mol. The number of nitrogens with zero attached hydrogens (tertiary/aromatic N) is 2. The van der Waals surface area contributed by atoms with Crippen LogP contribution in [0.15, 0.2) is 56.7 Å². The lowest BCUT2D eigenvalue weighted by Crippen LogP contribution is -2.43. The first-order valence-electron chi connectivity index (χ1n) is 9.92. The molecule has 0 saturated carbocycles. The largest absolute Gasteiger partial charge is 0.457 e. The smallest absolute Gasteiger partial charge is 0.332 e. The van der Waals surface area contributed by atoms with Crippen molar-refractivity contribution in [2.75, 3.05) is 18.9 Å². The molecule has 0 fully saturated rings. The topological polar surface area (TPSA) is 142 Å². The SMILES string of the molecule is Cn1c(=O)c(C(=O)COC(=O)CCNC(=O)c2ccsc2)c(N)n(Cc2ccccc2)c1=O. The van der Waals surface area contributed by atoms with Gasteiger partial charge < -0.3 is 15.8 Å². The summed E-state index contributed by atoms with van der Waals surface area (Å²) in [6.07, 6.45) is -0.163. The maximum absolute atomic E-state index is 12.6. The summed E-state index contributed by atoms with van der Waals surface area (Å²) in [5.41, 5.74) is 5.28. The van der Waals surface area contributed by atoms with Gasteiger partial charge in [0.05, 0.1) is 13.0 Å². The molecule has 2 heterocycles. The summed E-state index contributed by atoms with van der Waals surface area (Å²) in [7, 11) is 1.24. The van der Waals surface area contributed by atoms with Gasteiger partial charge >= 0.3 is 11.7 Å². The van der Waals surface area contributed by atoms with Crippen molar-refractivity contribution in [2.45, 2.75) is 13.0 Å². The van der Waals surface area contributed by atoms with E-state index in [2.05, 4.69) is 5.32 Å². The molecule has 11 heteroatoms. The van der Waals surface area contributed by atoms with Crippen LogP contribution in [-0.4, -0.2) is 39.9 Å². The molecule has 0 aliphatic heterocycles. The second-order valence-corrected chi connectivity index (χ2v) is 7.86. The average Bonchev–Trinajstić information content (AvgIpc) is 3.35. The second-order valence-electron chi connectivity index (χ2n) is 7.08. The summed E-state index contributed by atoms with van der Waals surface area (Å²) < 4.78 is 6.84. The number of nitrogen functional groups attached to an aromatic ring is 1. The third-order valence-electron chi connectivity index (χ3n) is 4.81. The standard InChI is InChI=1S/C22H22N4O6S/c1-25-21(30)18(19(23)26(22(25)31)11-14-5-3-2-4-6-14)16(27)12-32-17(28)7-9-24-20(29)15-8-10-33-13-15/h2-6,8,10,13H,7,9,11-12,23H2,1H3,(H,24,29). The number of amides is 1. The van der Waals surface area contributed by atoms with Crippen molar-refractivity contribution >= 4 is 34.8 Å². The average molecular weight is 471 g/mol. The lowest BCUT2D eigenvalue weighted by Gasteiger charge is -2.14. The monoisotopic (exact) mass is 470 g/mol. The Hall–Kier alpha value is -3.99. The van der Waals surface area contributed by atoms with Crippen molar-refractivity contribution < 1.29 is 19.1 Å². The number of anilines is 1. The van der Waals surface area contributed by atoms with Gasteiger partial charge in [-0.25, -0.2) is 4.79 Å². The summed E-state index contributed by atoms with van der Waals surface area (Å²) in [4.78, 5) is 61.5. The van der Waals surface area contributed by atoms with E-state index < -0.39 is 35.2 Å². The summed E-state index contributed by atoms with van der Waals surface area (Å²) in [6.45, 7) is -0.641. The van der Waals surface area contributed by atoms with Crippen LogP contribution in [0, 0.1) is 0 Å². The Balaban J connectivity index is 1.65. The molecule has 172 valence electrons. The van der Waals surface area contributed by atoms with Crippen LogP contribution in [0.5, 0.6) is 0 Å². The number of carbonyl (C=O) groups excluding carboxylic acids is 3. The normalized spacial score (nSPS) is 10.6. The Morgan fingerprint density at radius 3 is 2.52 bits per heavy atom. The van der Waals surface area contributed by atoms with Crippen molar-refractivity contribution in [3.63, 3.8) is 0 Å². The van der Waals surface area contributed by atoms with E-state index in [9.17, 15) is 24.0 Å². The van der Waals surface area contributed by atoms with E-state index in [4.69, 9.17) is 10.5 Å². The zero-order valence-corrected chi connectivity index (χ0v) is 18.6. The van der Waals surface area contributed by atoms with Gasteiger partial charge in [-0.15, -0.1) is 0 Å². The molecule has 10 nitrogen and oxygen atoms in total. The number of nitrogens with two attached hydrogens (primary N) is 1. The molecule has 3 aromatic rings. The van der Waals surface area contributed by atoms with Gasteiger partial charge in [0.2, 0.25) is 5.78 Å². The van der Waals surface area contributed by atoms with Gasteiger partial charge in [0.1, 0.15) is 11.4 Å². The third kappa shape index (κ3) is 5.63. The predicted octanol–water partition coefficient (Wildman–Crippen LogP) is 0.785. The number of hydrogen-bond acceptors (Lipinski definition) is 8. The van der Waals surface area contributed by atoms with Crippen molar-refractivity contribution in [3.05, 3.63) is 84.7 Å². The van der Waals surface area contributed by atoms with Gasteiger partial charge in [0.25, 0.3) is 11.5 Å². The molecule has 0 unspecified atom stereocenters. The van der Waals surface area contributed by atoms with Crippen molar-refractivity contribution in [2.24, 2.45) is 7.05 Å². The number of Topliss-reactive ketones (excluding diaryl/α,β-unsaturated/α-hetero) is 1. The number of ether oxygens (including phenoxy) is 1. The minimum Gasteiger partial charge on any atom is -0.457 e. The molecule has 2 aromatic heterocycles. The molecule has 0 radical (unpaired) electrons. The summed E-state index contributed by atoms with van der Waals surface area (Å²) >= 11 is 1.37. The number of ketones is 1. The lowest BCUT2D eigenvalue weighted by molar-refractivity contribution is -0.142. The molecular formula is C22H22N4O6S. The van der Waals surface area contributed by atoms with Crippen molar-refractivity contribution in [3.8, 4) is 0 Å². The van der Waals surface area contributed by atoms with Crippen LogP contribution in [-0.2, 0) is 23.1 Å². The summed E-state index contributed by atoms with van der Waals surface area (Å²) in [6, 6.07) is 10.6. The van der Waals surface area contributed by atoms with Gasteiger partial charge in [0.15, 0.2) is 6.61 Å². The summed E-state index contributed by atoms with van der Waals surface area (Å²) in [5, 5.41) is 6.00. The maximum atomic E-state index is 12.6. The van der Waals surface area contributed by atoms with Crippen LogP contribution in [0.4, 0.5) is 5.82 Å². The summed E-state index contributed by atoms with van der Waals surface area (Å²) in [5.74, 6) is -2.18. The Kier molecular flexibility index (Phi) is 7.57. The fraction of sp³-hybridized carbons (Fsp3) is 0.227. The van der Waals surface area contributed by atoms with Crippen LogP contribution in [0.1, 0.15) is 32.7 Å². The van der Waals surface area contributed by atoms with Crippen LogP contribution in [0.25, 0.3) is 0 Å². The van der Waals surface area contributed by atoms with E-state index in [0.717, 1.165) is 14.7 Å². The molecule has 0 aliphatic carbocycles. The van der Waals surface area contributed by atoms with Crippen LogP contribution < -0.4 is 22.3 Å². The van der Waals surface area contributed by atoms with E-state index in [1.165, 1.54) is 18.4 Å². The molecule has 3 N–H and O–H groups in total. The van der Waals surface area contributed by atoms with E-state index in [1.807, 2.05) is 6.07 Å². The first-order chi connectivity index (χ1) is 15.8. The molecule has 0 atom stereocenters. The number of rotatable bonds is 9. The molecule has 1 amide bonds. The highest BCUT2D eigenvalue weighted by Crippen LogP contribution is 2.10. The molecule has 0 saturated heterocycles. The van der Waals surface area contributed by atoms with E-state index >= 15 is 0 Å². The quantitative estimate of drug-likeness (QED) is 0.348. The number of thiophene rings is 1. The number of benzene rings is 1. The van der Waals surface area contributed by atoms with Crippen LogP contribution in [0.3, 0.4) is 0 Å². The number of esters is 1. The highest BCUT2D eigenvalue weighted by atomic mass is 32.1. The van der Waals surface area contributed by atoms with Gasteiger partial charge in [-0.3, -0.25) is 28.3 Å². The van der Waals surface area contributed by atoms with Gasteiger partial charge in [0, 0.05) is 24.5 Å². The highest BCUT2D eigenvalue weighted by molar-refractivity contribution is 7.08. The van der Waals surface area contributed by atoms with Crippen LogP contribution in [0.2, 0.25) is 0 Å². The molecule has 33 heavy (non-hydrogen) atoms. The zero-order valence-electron chi connectivity index (χ0n) is 17.8. The highest BCUT2D eigenvalue weighted by Gasteiger charge is 2.22. The van der Waals surface area contributed by atoms with E-state index in [1.54, 1.807) is 41.1 Å². The zero-order chi connectivity index (χ0) is 24.0. The Morgan fingerprint density at radius 2 is 1.85 bits per heavy atom. The molecule has 0 spiro atoms. The Morgan fingerprint density at radius 1 is 1.12 bits per heavy atom. The minimum absolute atomic E-state index is 0.0214.